The van der Waals surface area contributed by atoms with Crippen LogP contribution in [0.15, 0.2) is 78.7 Å². The molecule has 1 aliphatic heterocycles. The van der Waals surface area contributed by atoms with Gasteiger partial charge in [-0.1, -0.05) is 36.4 Å². The van der Waals surface area contributed by atoms with Crippen molar-refractivity contribution in [2.24, 2.45) is 5.92 Å². The second-order valence-corrected chi connectivity index (χ2v) is 16.5. The maximum absolute atomic E-state index is 14.8. The van der Waals surface area contributed by atoms with E-state index >= 15 is 0 Å². The number of aromatic nitrogens is 1. The van der Waals surface area contributed by atoms with E-state index in [0.29, 0.717) is 11.5 Å². The van der Waals surface area contributed by atoms with Crippen LogP contribution in [-0.4, -0.2) is 83.2 Å². The summed E-state index contributed by atoms with van der Waals surface area (Å²) in [5, 5.41) is 24.8. The van der Waals surface area contributed by atoms with Crippen molar-refractivity contribution in [1.29, 1.82) is 5.26 Å². The van der Waals surface area contributed by atoms with Crippen LogP contribution >= 0.6 is 11.3 Å². The largest absolute Gasteiger partial charge is 0.497 e. The van der Waals surface area contributed by atoms with Gasteiger partial charge in [0, 0.05) is 41.1 Å². The topological polar surface area (TPSA) is 184 Å². The monoisotopic (exact) mass is 819 g/mol. The van der Waals surface area contributed by atoms with Gasteiger partial charge in [-0.05, 0) is 87.2 Å². The summed E-state index contributed by atoms with van der Waals surface area (Å²) in [5.41, 5.74) is 0.952. The number of thiazole rings is 1. The number of amides is 4. The number of hydrogen-bond acceptors (Lipinski definition) is 11. The van der Waals surface area contributed by atoms with Gasteiger partial charge in [0.25, 0.3) is 5.91 Å². The van der Waals surface area contributed by atoms with Gasteiger partial charge in [0.15, 0.2) is 11.3 Å². The molecule has 0 radical (unpaired) electrons. The van der Waals surface area contributed by atoms with Gasteiger partial charge in [0.1, 0.15) is 41.3 Å². The number of fused-ring (bicyclic) bond motifs is 1. The summed E-state index contributed by atoms with van der Waals surface area (Å²) < 4.78 is 18.1. The van der Waals surface area contributed by atoms with Gasteiger partial charge in [-0.25, -0.2) is 9.78 Å². The molecular formula is C44H49N7O7S. The first kappa shape index (κ1) is 41.0. The number of nitrogens with zero attached hydrogens (tertiary/aromatic N) is 3. The van der Waals surface area contributed by atoms with Crippen molar-refractivity contribution in [2.45, 2.75) is 94.7 Å². The molecule has 3 aromatic carbocycles. The van der Waals surface area contributed by atoms with E-state index in [4.69, 9.17) is 19.2 Å². The number of ether oxygens (including phenoxy) is 3. The summed E-state index contributed by atoms with van der Waals surface area (Å²) in [4.78, 5) is 61.9. The lowest BCUT2D eigenvalue weighted by Crippen LogP contribution is -2.58. The van der Waals surface area contributed by atoms with Crippen LogP contribution in [-0.2, 0) is 25.5 Å². The van der Waals surface area contributed by atoms with Gasteiger partial charge in [0.05, 0.1) is 19.3 Å². The van der Waals surface area contributed by atoms with E-state index in [-0.39, 0.29) is 38.0 Å². The number of alkyl carbamates (subject to hydrolysis) is 1. The second-order valence-electron chi connectivity index (χ2n) is 15.7. The Hall–Kier alpha value is -6.14. The van der Waals surface area contributed by atoms with Gasteiger partial charge < -0.3 is 35.1 Å². The van der Waals surface area contributed by atoms with Crippen molar-refractivity contribution in [3.05, 3.63) is 84.3 Å². The van der Waals surface area contributed by atoms with E-state index in [1.807, 2.05) is 79.9 Å². The van der Waals surface area contributed by atoms with Gasteiger partial charge >= 0.3 is 6.09 Å². The number of carbonyl (C=O) groups is 4. The number of nitriles is 1. The highest BCUT2D eigenvalue weighted by Crippen LogP contribution is 2.45. The van der Waals surface area contributed by atoms with E-state index < -0.39 is 53.5 Å². The number of anilines is 1. The second kappa shape index (κ2) is 17.8. The minimum Gasteiger partial charge on any atom is -0.497 e. The molecule has 308 valence electrons. The van der Waals surface area contributed by atoms with E-state index in [0.717, 1.165) is 58.4 Å². The van der Waals surface area contributed by atoms with Crippen LogP contribution in [0.25, 0.3) is 22.0 Å². The average molecular weight is 820 g/mol. The molecule has 4 aromatic rings. The molecule has 0 spiro atoms. The van der Waals surface area contributed by atoms with Gasteiger partial charge in [-0.2, -0.15) is 5.26 Å². The highest BCUT2D eigenvalue weighted by molar-refractivity contribution is 7.14. The zero-order valence-corrected chi connectivity index (χ0v) is 34.2. The van der Waals surface area contributed by atoms with Crippen LogP contribution in [0.1, 0.15) is 57.9 Å². The van der Waals surface area contributed by atoms with E-state index in [9.17, 15) is 24.4 Å². The maximum atomic E-state index is 14.8. The first-order valence-corrected chi connectivity index (χ1v) is 20.8. The standard InChI is InChI=1S/C44H49N7O7S/c1-5-30-22-44(30,41(54)46-25-45)50-39(52)37-21-33(23-51(37)40(53)35(17-27-11-7-6-8-12-27)49-43(55)58-31-13-9-10-14-31)57-38-20-29(36-24-59-42(48-36)47-26(2)3)18-28-19-32(56-4)15-16-34(28)38/h5-8,11-12,15-16,18-20,24,26,30-31,33,35,37H,1,9-10,13-14,17,21-23H2,2-4H3,(H,46,54)(H,47,48)(H,49,55)(H,50,52). The van der Waals surface area contributed by atoms with Crippen LogP contribution in [0.4, 0.5) is 9.93 Å². The molecule has 15 heteroatoms. The number of likely N-dealkylation sites (tertiary alicyclic amines) is 1. The van der Waals surface area contributed by atoms with Crippen molar-refractivity contribution in [3.8, 4) is 28.9 Å². The fraction of sp³-hybridized carbons (Fsp3) is 0.409. The van der Waals surface area contributed by atoms with Crippen molar-refractivity contribution in [3.63, 3.8) is 0 Å². The lowest BCUT2D eigenvalue weighted by atomic mass is 10.0. The molecule has 0 bridgehead atoms. The predicted molar refractivity (Wildman–Crippen MR) is 224 cm³/mol. The minimum absolute atomic E-state index is 0.00905. The molecule has 1 saturated heterocycles. The highest BCUT2D eigenvalue weighted by atomic mass is 32.1. The molecule has 7 rings (SSSR count). The number of rotatable bonds is 15. The van der Waals surface area contributed by atoms with Gasteiger partial charge in [-0.15, -0.1) is 17.9 Å². The molecule has 1 aromatic heterocycles. The molecular weight excluding hydrogens is 771 g/mol. The molecule has 2 saturated carbocycles. The fourth-order valence-electron chi connectivity index (χ4n) is 8.04. The number of carbonyl (C=O) groups excluding carboxylic acids is 4. The predicted octanol–water partition coefficient (Wildman–Crippen LogP) is 6.08. The lowest BCUT2D eigenvalue weighted by molar-refractivity contribution is -0.141. The Bertz CT molecular complexity index is 2250. The quantitative estimate of drug-likeness (QED) is 0.0623. The Morgan fingerprint density at radius 1 is 1.08 bits per heavy atom. The average Bonchev–Trinajstić information content (AvgIpc) is 3.63. The molecule has 59 heavy (non-hydrogen) atoms. The molecule has 4 N–H and O–H groups in total. The summed E-state index contributed by atoms with van der Waals surface area (Å²) in [5.74, 6) is -0.999. The molecule has 3 fully saturated rings. The number of hydrogen-bond donors (Lipinski definition) is 4. The first-order chi connectivity index (χ1) is 28.5. The first-order valence-electron chi connectivity index (χ1n) is 20.0. The summed E-state index contributed by atoms with van der Waals surface area (Å²) in [7, 11) is 1.60. The SMILES string of the molecule is C=CC1CC1(NC(=O)C1CC(Oc2cc(-c3csc(NC(C)C)n3)cc3cc(OC)ccc23)CN1C(=O)C(Cc1ccccc1)NC(=O)OC1CCCC1)C(=O)NC#N. The van der Waals surface area contributed by atoms with Gasteiger partial charge in [0.2, 0.25) is 11.8 Å². The molecule has 2 heterocycles. The Morgan fingerprint density at radius 3 is 2.56 bits per heavy atom. The molecule has 2 aliphatic carbocycles. The van der Waals surface area contributed by atoms with Crippen LogP contribution in [0.5, 0.6) is 11.5 Å². The molecule has 14 nitrogen and oxygen atoms in total. The third kappa shape index (κ3) is 9.28. The molecule has 5 unspecified atom stereocenters. The van der Waals surface area contributed by atoms with Crippen molar-refractivity contribution >= 4 is 51.1 Å². The van der Waals surface area contributed by atoms with Crippen LogP contribution in [0.2, 0.25) is 0 Å². The Morgan fingerprint density at radius 2 is 1.86 bits per heavy atom. The van der Waals surface area contributed by atoms with E-state index in [2.05, 4.69) is 27.8 Å². The van der Waals surface area contributed by atoms with Crippen molar-refractivity contribution in [2.75, 3.05) is 19.0 Å². The molecule has 5 atom stereocenters. The zero-order valence-electron chi connectivity index (χ0n) is 33.4. The maximum Gasteiger partial charge on any atom is 0.408 e. The fourth-order valence-corrected chi connectivity index (χ4v) is 8.91. The van der Waals surface area contributed by atoms with Crippen molar-refractivity contribution < 1.29 is 33.4 Å². The Labute approximate surface area is 347 Å². The Balaban J connectivity index is 1.22. The third-order valence-electron chi connectivity index (χ3n) is 11.1. The number of benzene rings is 3. The third-order valence-corrected chi connectivity index (χ3v) is 11.9. The zero-order chi connectivity index (χ0) is 41.7. The molecule has 3 aliphatic rings. The van der Waals surface area contributed by atoms with Crippen LogP contribution in [0, 0.1) is 17.4 Å². The van der Waals surface area contributed by atoms with Crippen molar-refractivity contribution in [1.82, 2.24) is 25.8 Å². The summed E-state index contributed by atoms with van der Waals surface area (Å²) in [6.07, 6.45) is 5.48. The van der Waals surface area contributed by atoms with Crippen LogP contribution < -0.4 is 30.7 Å². The Kier molecular flexibility index (Phi) is 12.4. The lowest BCUT2D eigenvalue weighted by Gasteiger charge is -2.30. The summed E-state index contributed by atoms with van der Waals surface area (Å²) in [6.45, 7) is 7.89. The van der Waals surface area contributed by atoms with E-state index in [1.54, 1.807) is 19.4 Å². The number of nitrogens with one attached hydrogen (secondary N) is 4. The smallest absolute Gasteiger partial charge is 0.408 e. The molecule has 4 amide bonds. The highest BCUT2D eigenvalue weighted by Gasteiger charge is 2.61. The summed E-state index contributed by atoms with van der Waals surface area (Å²) in [6, 6.07) is 16.9. The van der Waals surface area contributed by atoms with E-state index in [1.165, 1.54) is 16.2 Å². The summed E-state index contributed by atoms with van der Waals surface area (Å²) >= 11 is 1.50. The van der Waals surface area contributed by atoms with Gasteiger partial charge in [-0.3, -0.25) is 19.7 Å². The van der Waals surface area contributed by atoms with Crippen LogP contribution in [0.3, 0.4) is 0 Å². The normalized spacial score (nSPS) is 21.6. The minimum atomic E-state index is -1.39. The number of methoxy groups -OCH3 is 1.